The monoisotopic (exact) mass is 298 g/mol. The second-order valence-corrected chi connectivity index (χ2v) is 7.81. The number of nitrogens with zero attached hydrogens (tertiary/aromatic N) is 1. The van der Waals surface area contributed by atoms with Crippen LogP contribution in [0.3, 0.4) is 0 Å². The first kappa shape index (κ1) is 14.9. The van der Waals surface area contributed by atoms with Gasteiger partial charge in [-0.15, -0.1) is 0 Å². The summed E-state index contributed by atoms with van der Waals surface area (Å²) < 4.78 is 0.0776. The quantitative estimate of drug-likeness (QED) is 0.906. The highest BCUT2D eigenvalue weighted by molar-refractivity contribution is 7.99. The maximum absolute atomic E-state index is 12.5. The average molecular weight is 298 g/mol. The maximum atomic E-state index is 12.5. The second kappa shape index (κ2) is 5.85. The van der Waals surface area contributed by atoms with Crippen molar-refractivity contribution in [3.63, 3.8) is 0 Å². The molecule has 0 spiro atoms. The molecule has 1 amide bonds. The topological polar surface area (TPSA) is 32.3 Å². The van der Waals surface area contributed by atoms with Crippen molar-refractivity contribution in [1.29, 1.82) is 0 Å². The smallest absolute Gasteiger partial charge is 0.241 e. The molecular formula is C14H22N2OS2. The Hall–Kier alpha value is -0.520. The average Bonchev–Trinajstić information content (AvgIpc) is 2.99. The van der Waals surface area contributed by atoms with Gasteiger partial charge in [0.25, 0.3) is 0 Å². The number of carbonyl (C=O) groups is 1. The predicted octanol–water partition coefficient (Wildman–Crippen LogP) is 3.10. The number of rotatable bonds is 5. The summed E-state index contributed by atoms with van der Waals surface area (Å²) in [4.78, 5) is 14.5. The summed E-state index contributed by atoms with van der Waals surface area (Å²) in [5.41, 5.74) is 1.20. The second-order valence-electron chi connectivity index (χ2n) is 5.52. The molecule has 1 aliphatic heterocycles. The van der Waals surface area contributed by atoms with Gasteiger partial charge < -0.3 is 4.90 Å². The van der Waals surface area contributed by atoms with Crippen LogP contribution < -0.4 is 5.32 Å². The zero-order valence-electron chi connectivity index (χ0n) is 12.0. The third kappa shape index (κ3) is 3.15. The van der Waals surface area contributed by atoms with E-state index in [1.165, 1.54) is 5.56 Å². The third-order valence-electron chi connectivity index (χ3n) is 3.62. The van der Waals surface area contributed by atoms with E-state index >= 15 is 0 Å². The van der Waals surface area contributed by atoms with E-state index < -0.39 is 0 Å². The van der Waals surface area contributed by atoms with Gasteiger partial charge in [-0.25, -0.2) is 0 Å². The van der Waals surface area contributed by atoms with Gasteiger partial charge in [-0.2, -0.15) is 23.1 Å². The van der Waals surface area contributed by atoms with Gasteiger partial charge in [0.15, 0.2) is 0 Å². The summed E-state index contributed by atoms with van der Waals surface area (Å²) in [6, 6.07) is 2.06. The molecule has 0 radical (unpaired) electrons. The van der Waals surface area contributed by atoms with Gasteiger partial charge in [-0.3, -0.25) is 10.1 Å². The van der Waals surface area contributed by atoms with Crippen molar-refractivity contribution in [3.8, 4) is 0 Å². The molecule has 1 N–H and O–H groups in total. The lowest BCUT2D eigenvalue weighted by molar-refractivity contribution is -0.130. The van der Waals surface area contributed by atoms with Crippen LogP contribution in [0.4, 0.5) is 0 Å². The Morgan fingerprint density at radius 3 is 2.79 bits per heavy atom. The van der Waals surface area contributed by atoms with Crippen molar-refractivity contribution >= 4 is 29.0 Å². The van der Waals surface area contributed by atoms with Gasteiger partial charge in [-0.05, 0) is 48.9 Å². The summed E-state index contributed by atoms with van der Waals surface area (Å²) in [6.07, 6.45) is 2.98. The SMILES string of the molecule is CCC1NC(c2ccsc2)N(CC(C)(C)SC)C1=O. The van der Waals surface area contributed by atoms with Crippen LogP contribution in [-0.4, -0.2) is 34.4 Å². The van der Waals surface area contributed by atoms with Crippen molar-refractivity contribution in [2.24, 2.45) is 0 Å². The van der Waals surface area contributed by atoms with E-state index in [2.05, 4.69) is 49.2 Å². The minimum atomic E-state index is -0.0393. The summed E-state index contributed by atoms with van der Waals surface area (Å²) >= 11 is 3.48. The van der Waals surface area contributed by atoms with Crippen molar-refractivity contribution < 1.29 is 4.79 Å². The summed E-state index contributed by atoms with van der Waals surface area (Å²) in [5.74, 6) is 0.237. The highest BCUT2D eigenvalue weighted by Gasteiger charge is 2.40. The van der Waals surface area contributed by atoms with Crippen LogP contribution in [0.2, 0.25) is 0 Å². The van der Waals surface area contributed by atoms with E-state index in [1.807, 2.05) is 4.90 Å². The van der Waals surface area contributed by atoms with E-state index in [0.29, 0.717) is 0 Å². The van der Waals surface area contributed by atoms with Gasteiger partial charge >= 0.3 is 0 Å². The zero-order valence-corrected chi connectivity index (χ0v) is 13.6. The molecule has 2 unspecified atom stereocenters. The summed E-state index contributed by atoms with van der Waals surface area (Å²) in [7, 11) is 0. The molecular weight excluding hydrogens is 276 g/mol. The first-order chi connectivity index (χ1) is 8.98. The normalized spacial score (nSPS) is 24.2. The molecule has 2 atom stereocenters. The van der Waals surface area contributed by atoms with Crippen LogP contribution in [0.1, 0.15) is 38.9 Å². The number of hydrogen-bond donors (Lipinski definition) is 1. The summed E-state index contributed by atoms with van der Waals surface area (Å²) in [5, 5.41) is 7.66. The molecule has 1 aliphatic rings. The number of carbonyl (C=O) groups excluding carboxylic acids is 1. The number of nitrogens with one attached hydrogen (secondary N) is 1. The van der Waals surface area contributed by atoms with E-state index in [9.17, 15) is 4.79 Å². The Bertz CT molecular complexity index is 431. The molecule has 3 nitrogen and oxygen atoms in total. The van der Waals surface area contributed by atoms with E-state index in [1.54, 1.807) is 23.1 Å². The van der Waals surface area contributed by atoms with Gasteiger partial charge in [0.2, 0.25) is 5.91 Å². The molecule has 0 bridgehead atoms. The Labute approximate surface area is 123 Å². The Balaban J connectivity index is 2.23. The molecule has 0 aromatic carbocycles. The lowest BCUT2D eigenvalue weighted by Gasteiger charge is -2.32. The van der Waals surface area contributed by atoms with Gasteiger partial charge in [0.1, 0.15) is 6.17 Å². The fourth-order valence-electron chi connectivity index (χ4n) is 2.32. The van der Waals surface area contributed by atoms with Crippen LogP contribution in [0, 0.1) is 0 Å². The number of thiophene rings is 1. The van der Waals surface area contributed by atoms with Crippen LogP contribution in [0.5, 0.6) is 0 Å². The fraction of sp³-hybridized carbons (Fsp3) is 0.643. The van der Waals surface area contributed by atoms with E-state index in [-0.39, 0.29) is 22.9 Å². The number of thioether (sulfide) groups is 1. The van der Waals surface area contributed by atoms with Crippen molar-refractivity contribution in [3.05, 3.63) is 22.4 Å². The predicted molar refractivity (Wildman–Crippen MR) is 83.6 cm³/mol. The molecule has 1 aromatic rings. The summed E-state index contributed by atoms with van der Waals surface area (Å²) in [6.45, 7) is 7.21. The van der Waals surface area contributed by atoms with E-state index in [0.717, 1.165) is 13.0 Å². The number of amides is 1. The van der Waals surface area contributed by atoms with Gasteiger partial charge in [0, 0.05) is 11.3 Å². The lowest BCUT2D eigenvalue weighted by Crippen LogP contribution is -2.40. The Morgan fingerprint density at radius 2 is 2.26 bits per heavy atom. The maximum Gasteiger partial charge on any atom is 0.241 e. The highest BCUT2D eigenvalue weighted by Crippen LogP contribution is 2.32. The van der Waals surface area contributed by atoms with Crippen molar-refractivity contribution in [1.82, 2.24) is 10.2 Å². The zero-order chi connectivity index (χ0) is 14.0. The fourth-order valence-corrected chi connectivity index (χ4v) is 3.27. The number of hydrogen-bond acceptors (Lipinski definition) is 4. The van der Waals surface area contributed by atoms with Crippen molar-refractivity contribution in [2.45, 2.75) is 44.1 Å². The molecule has 0 saturated carbocycles. The van der Waals surface area contributed by atoms with Crippen LogP contribution in [0.15, 0.2) is 16.8 Å². The minimum absolute atomic E-state index is 0.0372. The molecule has 1 fully saturated rings. The molecule has 5 heteroatoms. The molecule has 1 saturated heterocycles. The van der Waals surface area contributed by atoms with Crippen LogP contribution in [0.25, 0.3) is 0 Å². The molecule has 106 valence electrons. The molecule has 19 heavy (non-hydrogen) atoms. The first-order valence-corrected chi connectivity index (χ1v) is 8.79. The van der Waals surface area contributed by atoms with Crippen LogP contribution >= 0.6 is 23.1 Å². The Morgan fingerprint density at radius 1 is 1.53 bits per heavy atom. The van der Waals surface area contributed by atoms with Crippen LogP contribution in [-0.2, 0) is 4.79 Å². The van der Waals surface area contributed by atoms with Gasteiger partial charge in [0.05, 0.1) is 6.04 Å². The highest BCUT2D eigenvalue weighted by atomic mass is 32.2. The standard InChI is InChI=1S/C14H22N2OS2/c1-5-11-13(17)16(9-14(2,3)18-4)12(15-11)10-6-7-19-8-10/h6-8,11-12,15H,5,9H2,1-4H3. The molecule has 0 aliphatic carbocycles. The molecule has 1 aromatic heterocycles. The first-order valence-electron chi connectivity index (χ1n) is 6.62. The lowest BCUT2D eigenvalue weighted by atomic mass is 10.1. The third-order valence-corrected chi connectivity index (χ3v) is 5.56. The van der Waals surface area contributed by atoms with Gasteiger partial charge in [-0.1, -0.05) is 6.92 Å². The minimum Gasteiger partial charge on any atom is -0.320 e. The van der Waals surface area contributed by atoms with Crippen molar-refractivity contribution in [2.75, 3.05) is 12.8 Å². The largest absolute Gasteiger partial charge is 0.320 e. The molecule has 2 heterocycles. The molecule has 2 rings (SSSR count). The Kier molecular flexibility index (Phi) is 4.58. The van der Waals surface area contributed by atoms with E-state index in [4.69, 9.17) is 0 Å².